The number of carbonyl (C=O) groups excluding carboxylic acids is 1. The summed E-state index contributed by atoms with van der Waals surface area (Å²) in [6.07, 6.45) is 0. The molecule has 1 aromatic carbocycles. The molecule has 0 aromatic heterocycles. The van der Waals surface area contributed by atoms with Crippen molar-refractivity contribution >= 4 is 17.7 Å². The maximum Gasteiger partial charge on any atom is 0.236 e. The van der Waals surface area contributed by atoms with Gasteiger partial charge >= 0.3 is 0 Å². The van der Waals surface area contributed by atoms with Crippen molar-refractivity contribution in [2.24, 2.45) is 0 Å². The van der Waals surface area contributed by atoms with E-state index in [1.807, 2.05) is 23.7 Å². The number of benzene rings is 1. The fourth-order valence-corrected chi connectivity index (χ4v) is 3.25. The Morgan fingerprint density at radius 1 is 1.29 bits per heavy atom. The Kier molecular flexibility index (Phi) is 6.54. The van der Waals surface area contributed by atoms with Gasteiger partial charge in [0, 0.05) is 43.4 Å². The van der Waals surface area contributed by atoms with Gasteiger partial charge in [-0.25, -0.2) is 0 Å². The van der Waals surface area contributed by atoms with Gasteiger partial charge in [0.25, 0.3) is 0 Å². The number of likely N-dealkylation sites (N-methyl/N-ethyl adjacent to an activating group) is 1. The van der Waals surface area contributed by atoms with Crippen LogP contribution in [0.2, 0.25) is 0 Å². The van der Waals surface area contributed by atoms with Crippen molar-refractivity contribution in [1.82, 2.24) is 15.1 Å². The summed E-state index contributed by atoms with van der Waals surface area (Å²) in [6.45, 7) is 7.06. The van der Waals surface area contributed by atoms with Crippen molar-refractivity contribution in [3.05, 3.63) is 29.8 Å². The number of nitrogens with zero attached hydrogens (tertiary/aromatic N) is 2. The molecular weight excluding hydrogens is 282 g/mol. The van der Waals surface area contributed by atoms with Crippen molar-refractivity contribution < 1.29 is 4.79 Å². The van der Waals surface area contributed by atoms with E-state index in [4.69, 9.17) is 0 Å². The topological polar surface area (TPSA) is 35.6 Å². The van der Waals surface area contributed by atoms with Gasteiger partial charge in [0.05, 0.1) is 6.54 Å². The number of carbonyl (C=O) groups is 1. The molecule has 2 rings (SSSR count). The van der Waals surface area contributed by atoms with Gasteiger partial charge in [-0.2, -0.15) is 0 Å². The van der Waals surface area contributed by atoms with Crippen LogP contribution in [0.15, 0.2) is 29.2 Å². The Morgan fingerprint density at radius 3 is 2.62 bits per heavy atom. The van der Waals surface area contributed by atoms with E-state index in [2.05, 4.69) is 41.4 Å². The first-order valence-corrected chi connectivity index (χ1v) is 8.50. The molecule has 0 saturated carbocycles. The summed E-state index contributed by atoms with van der Waals surface area (Å²) >= 11 is 1.84. The highest BCUT2D eigenvalue weighted by atomic mass is 32.2. The molecule has 0 unspecified atom stereocenters. The number of thioether (sulfide) groups is 1. The van der Waals surface area contributed by atoms with Crippen molar-refractivity contribution in [2.45, 2.75) is 11.8 Å². The molecule has 0 bridgehead atoms. The highest BCUT2D eigenvalue weighted by Crippen LogP contribution is 2.17. The van der Waals surface area contributed by atoms with Crippen LogP contribution in [-0.4, -0.2) is 67.8 Å². The third-order valence-corrected chi connectivity index (χ3v) is 4.63. The number of nitrogens with one attached hydrogen (secondary N) is 1. The average molecular weight is 307 g/mol. The monoisotopic (exact) mass is 307 g/mol. The van der Waals surface area contributed by atoms with Crippen molar-refractivity contribution in [2.75, 3.05) is 52.1 Å². The predicted octanol–water partition coefficient (Wildman–Crippen LogP) is 1.45. The van der Waals surface area contributed by atoms with Crippen molar-refractivity contribution in [1.29, 1.82) is 0 Å². The second-order valence-corrected chi connectivity index (χ2v) is 6.70. The molecule has 1 saturated heterocycles. The zero-order valence-corrected chi connectivity index (χ0v) is 13.8. The molecule has 0 spiro atoms. The van der Waals surface area contributed by atoms with Crippen LogP contribution >= 0.6 is 11.8 Å². The molecule has 0 aliphatic carbocycles. The van der Waals surface area contributed by atoms with Gasteiger partial charge in [-0.1, -0.05) is 17.7 Å². The molecular formula is C16H25N3OS. The molecule has 4 nitrogen and oxygen atoms in total. The summed E-state index contributed by atoms with van der Waals surface area (Å²) in [5.74, 6) is 1.26. The van der Waals surface area contributed by atoms with Crippen LogP contribution in [0.5, 0.6) is 0 Å². The van der Waals surface area contributed by atoms with Gasteiger partial charge in [0.1, 0.15) is 0 Å². The van der Waals surface area contributed by atoms with Crippen LogP contribution in [-0.2, 0) is 4.79 Å². The van der Waals surface area contributed by atoms with E-state index in [9.17, 15) is 4.79 Å². The number of hydrogen-bond donors (Lipinski definition) is 1. The van der Waals surface area contributed by atoms with Crippen LogP contribution in [0.3, 0.4) is 0 Å². The fourth-order valence-electron chi connectivity index (χ4n) is 2.28. The zero-order chi connectivity index (χ0) is 15.1. The molecule has 1 amide bonds. The highest BCUT2D eigenvalue weighted by molar-refractivity contribution is 7.99. The SMILES string of the molecule is Cc1ccc(SCCN(C)CC(=O)N2CCNCC2)cc1. The predicted molar refractivity (Wildman–Crippen MR) is 88.8 cm³/mol. The molecule has 0 atom stereocenters. The molecule has 1 fully saturated rings. The van der Waals surface area contributed by atoms with E-state index in [-0.39, 0.29) is 5.91 Å². The second-order valence-electron chi connectivity index (χ2n) is 5.53. The normalized spacial score (nSPS) is 15.5. The Labute approximate surface area is 131 Å². The van der Waals surface area contributed by atoms with E-state index in [1.165, 1.54) is 10.5 Å². The van der Waals surface area contributed by atoms with Crippen molar-refractivity contribution in [3.8, 4) is 0 Å². The molecule has 1 N–H and O–H groups in total. The van der Waals surface area contributed by atoms with E-state index < -0.39 is 0 Å². The first kappa shape index (κ1) is 16.3. The van der Waals surface area contributed by atoms with Crippen LogP contribution in [0.1, 0.15) is 5.56 Å². The van der Waals surface area contributed by atoms with Gasteiger partial charge in [-0.05, 0) is 26.1 Å². The van der Waals surface area contributed by atoms with Crippen LogP contribution in [0, 0.1) is 6.92 Å². The largest absolute Gasteiger partial charge is 0.339 e. The molecule has 1 aliphatic heterocycles. The Morgan fingerprint density at radius 2 is 1.95 bits per heavy atom. The molecule has 1 heterocycles. The number of hydrogen-bond acceptors (Lipinski definition) is 4. The lowest BCUT2D eigenvalue weighted by Gasteiger charge is -2.29. The Hall–Kier alpha value is -1.04. The van der Waals surface area contributed by atoms with Gasteiger partial charge in [0.15, 0.2) is 0 Å². The zero-order valence-electron chi connectivity index (χ0n) is 13.0. The van der Waals surface area contributed by atoms with E-state index >= 15 is 0 Å². The number of rotatable bonds is 6. The molecule has 1 aliphatic rings. The van der Waals surface area contributed by atoms with Crippen LogP contribution in [0.25, 0.3) is 0 Å². The van der Waals surface area contributed by atoms with Gasteiger partial charge < -0.3 is 10.2 Å². The van der Waals surface area contributed by atoms with Gasteiger partial charge in [0.2, 0.25) is 5.91 Å². The Bertz CT molecular complexity index is 443. The third-order valence-electron chi connectivity index (χ3n) is 3.64. The Balaban J connectivity index is 1.65. The van der Waals surface area contributed by atoms with E-state index in [1.54, 1.807) is 0 Å². The first-order valence-electron chi connectivity index (χ1n) is 7.51. The summed E-state index contributed by atoms with van der Waals surface area (Å²) in [4.78, 5) is 17.5. The van der Waals surface area contributed by atoms with E-state index in [0.29, 0.717) is 6.54 Å². The fraction of sp³-hybridized carbons (Fsp3) is 0.562. The molecule has 116 valence electrons. The third kappa shape index (κ3) is 5.69. The minimum atomic E-state index is 0.249. The number of aryl methyl sites for hydroxylation is 1. The summed E-state index contributed by atoms with van der Waals surface area (Å²) in [5, 5.41) is 3.27. The van der Waals surface area contributed by atoms with E-state index in [0.717, 1.165) is 38.5 Å². The maximum atomic E-state index is 12.1. The smallest absolute Gasteiger partial charge is 0.236 e. The standard InChI is InChI=1S/C16H25N3OS/c1-14-3-5-15(6-4-14)21-12-11-18(2)13-16(20)19-9-7-17-8-10-19/h3-6,17H,7-13H2,1-2H3. The lowest BCUT2D eigenvalue weighted by atomic mass is 10.2. The van der Waals surface area contributed by atoms with Gasteiger partial charge in [-0.15, -0.1) is 11.8 Å². The molecule has 1 aromatic rings. The minimum absolute atomic E-state index is 0.249. The highest BCUT2D eigenvalue weighted by Gasteiger charge is 2.17. The summed E-state index contributed by atoms with van der Waals surface area (Å²) in [5.41, 5.74) is 1.29. The summed E-state index contributed by atoms with van der Waals surface area (Å²) in [7, 11) is 2.02. The second kappa shape index (κ2) is 8.41. The maximum absolute atomic E-state index is 12.1. The number of amides is 1. The summed E-state index contributed by atoms with van der Waals surface area (Å²) < 4.78 is 0. The van der Waals surface area contributed by atoms with Crippen LogP contribution in [0.4, 0.5) is 0 Å². The molecule has 0 radical (unpaired) electrons. The van der Waals surface area contributed by atoms with Crippen molar-refractivity contribution in [3.63, 3.8) is 0 Å². The quantitative estimate of drug-likeness (QED) is 0.807. The summed E-state index contributed by atoms with van der Waals surface area (Å²) in [6, 6.07) is 8.59. The lowest BCUT2D eigenvalue weighted by molar-refractivity contribution is -0.132. The first-order chi connectivity index (χ1) is 10.1. The molecule has 21 heavy (non-hydrogen) atoms. The lowest BCUT2D eigenvalue weighted by Crippen LogP contribution is -2.49. The molecule has 5 heteroatoms. The average Bonchev–Trinajstić information content (AvgIpc) is 2.50. The van der Waals surface area contributed by atoms with Gasteiger partial charge in [-0.3, -0.25) is 9.69 Å². The number of piperazine rings is 1. The minimum Gasteiger partial charge on any atom is -0.339 e. The van der Waals surface area contributed by atoms with Crippen LogP contribution < -0.4 is 5.32 Å².